The number of benzene rings is 2. The molecule has 6 nitrogen and oxygen atoms in total. The zero-order chi connectivity index (χ0) is 21.5. The van der Waals surface area contributed by atoms with E-state index in [0.717, 1.165) is 12.1 Å². The Bertz CT molecular complexity index is 991. The van der Waals surface area contributed by atoms with Gasteiger partial charge in [0.05, 0.1) is 7.11 Å². The molecule has 1 amide bonds. The maximum atomic E-state index is 12.4. The molecule has 0 unspecified atom stereocenters. The average molecular weight is 421 g/mol. The lowest BCUT2D eigenvalue weighted by atomic mass is 10.1. The fourth-order valence-electron chi connectivity index (χ4n) is 3.70. The Labute approximate surface area is 182 Å². The molecular formula is C25H28N2O4. The van der Waals surface area contributed by atoms with Crippen molar-refractivity contribution in [2.75, 3.05) is 20.2 Å². The number of carbonyl (C=O) groups excluding carboxylic acids is 1. The highest BCUT2D eigenvalue weighted by Crippen LogP contribution is 2.26. The molecular weight excluding hydrogens is 392 g/mol. The predicted molar refractivity (Wildman–Crippen MR) is 118 cm³/mol. The number of ether oxygens (including phenoxy) is 2. The minimum absolute atomic E-state index is 0.214. The molecule has 2 aromatic carbocycles. The van der Waals surface area contributed by atoms with Crippen LogP contribution in [0.1, 0.15) is 40.3 Å². The molecule has 6 heteroatoms. The summed E-state index contributed by atoms with van der Waals surface area (Å²) >= 11 is 0. The molecule has 31 heavy (non-hydrogen) atoms. The Kier molecular flexibility index (Phi) is 6.89. The Hall–Kier alpha value is -3.25. The quantitative estimate of drug-likeness (QED) is 0.556. The van der Waals surface area contributed by atoms with Gasteiger partial charge in [0.25, 0.3) is 5.91 Å². The van der Waals surface area contributed by atoms with Crippen LogP contribution in [0.4, 0.5) is 0 Å². The topological polar surface area (TPSA) is 63.9 Å². The lowest BCUT2D eigenvalue weighted by molar-refractivity contribution is 0.0919. The smallest absolute Gasteiger partial charge is 0.287 e. The zero-order valence-corrected chi connectivity index (χ0v) is 17.8. The van der Waals surface area contributed by atoms with Crippen molar-refractivity contribution in [2.24, 2.45) is 0 Å². The minimum Gasteiger partial charge on any atom is -0.493 e. The van der Waals surface area contributed by atoms with Crippen molar-refractivity contribution in [3.63, 3.8) is 0 Å². The van der Waals surface area contributed by atoms with Crippen LogP contribution in [-0.2, 0) is 19.7 Å². The Balaban J connectivity index is 1.26. The molecule has 1 N–H and O–H groups in total. The monoisotopic (exact) mass is 420 g/mol. The molecule has 3 aromatic rings. The SMILES string of the molecule is COc1ccccc1OCc1ccc(C(=O)NCc2ccc(CN3CCCC3)cc2)o1. The molecule has 1 fully saturated rings. The highest BCUT2D eigenvalue weighted by atomic mass is 16.5. The van der Waals surface area contributed by atoms with E-state index in [0.29, 0.717) is 23.8 Å². The number of rotatable bonds is 9. The zero-order valence-electron chi connectivity index (χ0n) is 17.8. The van der Waals surface area contributed by atoms with E-state index < -0.39 is 0 Å². The van der Waals surface area contributed by atoms with E-state index in [2.05, 4.69) is 34.5 Å². The molecule has 1 aliphatic heterocycles. The number of hydrogen-bond donors (Lipinski definition) is 1. The van der Waals surface area contributed by atoms with Crippen LogP contribution in [0.15, 0.2) is 65.1 Å². The van der Waals surface area contributed by atoms with Crippen LogP contribution in [0, 0.1) is 0 Å². The van der Waals surface area contributed by atoms with Crippen LogP contribution in [0.2, 0.25) is 0 Å². The maximum Gasteiger partial charge on any atom is 0.287 e. The van der Waals surface area contributed by atoms with E-state index >= 15 is 0 Å². The van der Waals surface area contributed by atoms with E-state index in [9.17, 15) is 4.79 Å². The fraction of sp³-hybridized carbons (Fsp3) is 0.320. The number of nitrogens with one attached hydrogen (secondary N) is 1. The summed E-state index contributed by atoms with van der Waals surface area (Å²) in [5.74, 6) is 1.87. The first-order valence-electron chi connectivity index (χ1n) is 10.6. The average Bonchev–Trinajstić information content (AvgIpc) is 3.49. The largest absolute Gasteiger partial charge is 0.493 e. The van der Waals surface area contributed by atoms with Gasteiger partial charge in [-0.05, 0) is 61.3 Å². The standard InChI is InChI=1S/C25H28N2O4/c1-29-22-6-2-3-7-23(22)30-18-21-12-13-24(31-21)25(28)26-16-19-8-10-20(11-9-19)17-27-14-4-5-15-27/h2-3,6-13H,4-5,14-18H2,1H3,(H,26,28). The van der Waals surface area contributed by atoms with Gasteiger partial charge in [0.2, 0.25) is 0 Å². The maximum absolute atomic E-state index is 12.4. The number of hydrogen-bond acceptors (Lipinski definition) is 5. The van der Waals surface area contributed by atoms with Crippen molar-refractivity contribution >= 4 is 5.91 Å². The van der Waals surface area contributed by atoms with E-state index in [4.69, 9.17) is 13.9 Å². The van der Waals surface area contributed by atoms with Gasteiger partial charge < -0.3 is 19.2 Å². The van der Waals surface area contributed by atoms with Gasteiger partial charge in [0.1, 0.15) is 12.4 Å². The number of methoxy groups -OCH3 is 1. The van der Waals surface area contributed by atoms with Gasteiger partial charge in [-0.2, -0.15) is 0 Å². The summed E-state index contributed by atoms with van der Waals surface area (Å²) in [7, 11) is 1.60. The number of para-hydroxylation sites is 2. The number of nitrogens with zero attached hydrogens (tertiary/aromatic N) is 1. The lowest BCUT2D eigenvalue weighted by Gasteiger charge is -2.14. The normalized spacial score (nSPS) is 13.8. The summed E-state index contributed by atoms with van der Waals surface area (Å²) in [6.45, 7) is 4.04. The molecule has 0 radical (unpaired) electrons. The van der Waals surface area contributed by atoms with E-state index in [1.807, 2.05) is 24.3 Å². The number of likely N-dealkylation sites (tertiary alicyclic amines) is 1. The summed E-state index contributed by atoms with van der Waals surface area (Å²) < 4.78 is 16.6. The summed E-state index contributed by atoms with van der Waals surface area (Å²) in [6.07, 6.45) is 2.59. The van der Waals surface area contributed by atoms with Crippen molar-refractivity contribution < 1.29 is 18.7 Å². The van der Waals surface area contributed by atoms with Gasteiger partial charge >= 0.3 is 0 Å². The second-order valence-electron chi connectivity index (χ2n) is 7.69. The second kappa shape index (κ2) is 10.2. The number of furan rings is 1. The molecule has 4 rings (SSSR count). The van der Waals surface area contributed by atoms with E-state index in [1.54, 1.807) is 19.2 Å². The first kappa shape index (κ1) is 21.0. The predicted octanol–water partition coefficient (Wildman–Crippen LogP) is 4.39. The number of carbonyl (C=O) groups is 1. The molecule has 1 aromatic heterocycles. The molecule has 162 valence electrons. The summed E-state index contributed by atoms with van der Waals surface area (Å²) in [5.41, 5.74) is 2.37. The lowest BCUT2D eigenvalue weighted by Crippen LogP contribution is -2.22. The third-order valence-corrected chi connectivity index (χ3v) is 5.41. The van der Waals surface area contributed by atoms with Gasteiger partial charge in [-0.1, -0.05) is 36.4 Å². The molecule has 0 bridgehead atoms. The molecule has 0 atom stereocenters. The molecule has 0 aliphatic carbocycles. The molecule has 1 saturated heterocycles. The van der Waals surface area contributed by atoms with Crippen LogP contribution >= 0.6 is 0 Å². The third-order valence-electron chi connectivity index (χ3n) is 5.41. The minimum atomic E-state index is -0.246. The number of amides is 1. The molecule has 2 heterocycles. The van der Waals surface area contributed by atoms with Gasteiger partial charge in [0, 0.05) is 13.1 Å². The molecule has 0 saturated carbocycles. The van der Waals surface area contributed by atoms with E-state index in [1.165, 1.54) is 31.5 Å². The van der Waals surface area contributed by atoms with Gasteiger partial charge in [-0.3, -0.25) is 9.69 Å². The summed E-state index contributed by atoms with van der Waals surface area (Å²) in [4.78, 5) is 14.9. The van der Waals surface area contributed by atoms with Crippen molar-refractivity contribution in [3.05, 3.63) is 83.3 Å². The highest BCUT2D eigenvalue weighted by Gasteiger charge is 2.13. The van der Waals surface area contributed by atoms with Gasteiger partial charge in [-0.25, -0.2) is 0 Å². The molecule has 0 spiro atoms. The van der Waals surface area contributed by atoms with Crippen molar-refractivity contribution in [2.45, 2.75) is 32.5 Å². The van der Waals surface area contributed by atoms with Crippen LogP contribution in [0.25, 0.3) is 0 Å². The molecule has 1 aliphatic rings. The third kappa shape index (κ3) is 5.67. The first-order valence-corrected chi connectivity index (χ1v) is 10.6. The highest BCUT2D eigenvalue weighted by molar-refractivity contribution is 5.91. The van der Waals surface area contributed by atoms with Gasteiger partial charge in [0.15, 0.2) is 17.3 Å². The Morgan fingerprint density at radius 2 is 1.68 bits per heavy atom. The van der Waals surface area contributed by atoms with Crippen LogP contribution in [0.5, 0.6) is 11.5 Å². The summed E-state index contributed by atoms with van der Waals surface area (Å²) in [5, 5.41) is 2.91. The van der Waals surface area contributed by atoms with Crippen molar-refractivity contribution in [1.29, 1.82) is 0 Å². The Morgan fingerprint density at radius 1 is 0.968 bits per heavy atom. The first-order chi connectivity index (χ1) is 15.2. The van der Waals surface area contributed by atoms with Crippen molar-refractivity contribution in [3.8, 4) is 11.5 Å². The van der Waals surface area contributed by atoms with Gasteiger partial charge in [-0.15, -0.1) is 0 Å². The fourth-order valence-corrected chi connectivity index (χ4v) is 3.70. The van der Waals surface area contributed by atoms with Crippen molar-refractivity contribution in [1.82, 2.24) is 10.2 Å². The van der Waals surface area contributed by atoms with Crippen LogP contribution in [0.3, 0.4) is 0 Å². The second-order valence-corrected chi connectivity index (χ2v) is 7.69. The Morgan fingerprint density at radius 3 is 2.42 bits per heavy atom. The summed E-state index contributed by atoms with van der Waals surface area (Å²) in [6, 6.07) is 19.2. The van der Waals surface area contributed by atoms with E-state index in [-0.39, 0.29) is 18.3 Å². The van der Waals surface area contributed by atoms with Crippen LogP contribution < -0.4 is 14.8 Å². The van der Waals surface area contributed by atoms with Crippen LogP contribution in [-0.4, -0.2) is 31.0 Å².